The van der Waals surface area contributed by atoms with Crippen LogP contribution in [-0.4, -0.2) is 25.9 Å². The van der Waals surface area contributed by atoms with Crippen molar-refractivity contribution in [3.8, 4) is 11.5 Å². The van der Waals surface area contributed by atoms with Crippen LogP contribution in [-0.2, 0) is 6.42 Å². The van der Waals surface area contributed by atoms with E-state index >= 15 is 0 Å². The number of methoxy groups -OCH3 is 2. The highest BCUT2D eigenvalue weighted by Crippen LogP contribution is 2.36. The first-order chi connectivity index (χ1) is 10.2. The van der Waals surface area contributed by atoms with Gasteiger partial charge in [0, 0.05) is 23.9 Å². The number of para-hydroxylation sites is 1. The van der Waals surface area contributed by atoms with Gasteiger partial charge in [0.15, 0.2) is 0 Å². The van der Waals surface area contributed by atoms with Crippen molar-refractivity contribution in [3.05, 3.63) is 53.1 Å². The summed E-state index contributed by atoms with van der Waals surface area (Å²) in [5, 5.41) is 14.1. The second kappa shape index (κ2) is 5.66. The molecule has 2 aromatic rings. The Balaban J connectivity index is 2.02. The number of hydrogen-bond acceptors (Lipinski definition) is 4. The highest BCUT2D eigenvalue weighted by molar-refractivity contribution is 5.63. The number of fused-ring (bicyclic) bond motifs is 1. The number of rotatable bonds is 4. The summed E-state index contributed by atoms with van der Waals surface area (Å²) in [6, 6.07) is 11.5. The first-order valence-electron chi connectivity index (χ1n) is 6.99. The van der Waals surface area contributed by atoms with Crippen LogP contribution >= 0.6 is 0 Å². The van der Waals surface area contributed by atoms with Crippen LogP contribution in [0.25, 0.3) is 0 Å². The maximum Gasteiger partial charge on any atom is 0.122 e. The molecule has 21 heavy (non-hydrogen) atoms. The van der Waals surface area contributed by atoms with E-state index in [9.17, 15) is 5.11 Å². The fourth-order valence-electron chi connectivity index (χ4n) is 2.76. The number of anilines is 1. The first-order valence-corrected chi connectivity index (χ1v) is 6.99. The van der Waals surface area contributed by atoms with E-state index in [0.717, 1.165) is 29.8 Å². The Morgan fingerprint density at radius 2 is 1.81 bits per heavy atom. The third kappa shape index (κ3) is 2.54. The normalized spacial score (nSPS) is 14.2. The average molecular weight is 285 g/mol. The van der Waals surface area contributed by atoms with E-state index in [1.165, 1.54) is 5.56 Å². The van der Waals surface area contributed by atoms with Crippen LogP contribution in [0.1, 0.15) is 22.8 Å². The Labute approximate surface area is 124 Å². The lowest BCUT2D eigenvalue weighted by molar-refractivity contribution is 0.220. The van der Waals surface area contributed by atoms with Crippen molar-refractivity contribution in [2.75, 3.05) is 26.1 Å². The number of ether oxygens (including phenoxy) is 2. The zero-order chi connectivity index (χ0) is 14.8. The van der Waals surface area contributed by atoms with E-state index in [0.29, 0.717) is 11.5 Å². The van der Waals surface area contributed by atoms with E-state index in [1.54, 1.807) is 20.3 Å². The Kier molecular flexibility index (Phi) is 3.71. The molecule has 4 nitrogen and oxygen atoms in total. The summed E-state index contributed by atoms with van der Waals surface area (Å²) in [6.07, 6.45) is 0.284. The summed E-state index contributed by atoms with van der Waals surface area (Å²) in [6.45, 7) is 0.917. The van der Waals surface area contributed by atoms with Gasteiger partial charge in [-0.05, 0) is 29.7 Å². The molecular formula is C17H19NO3. The molecule has 0 amide bonds. The van der Waals surface area contributed by atoms with Crippen LogP contribution in [0.2, 0.25) is 0 Å². The summed E-state index contributed by atoms with van der Waals surface area (Å²) < 4.78 is 10.5. The second-order valence-electron chi connectivity index (χ2n) is 5.11. The van der Waals surface area contributed by atoms with Gasteiger partial charge in [-0.15, -0.1) is 0 Å². The molecule has 1 atom stereocenters. The van der Waals surface area contributed by atoms with Gasteiger partial charge in [-0.3, -0.25) is 0 Å². The molecule has 0 saturated heterocycles. The molecular weight excluding hydrogens is 266 g/mol. The summed E-state index contributed by atoms with van der Waals surface area (Å²) in [4.78, 5) is 0. The minimum Gasteiger partial charge on any atom is -0.497 e. The Hall–Kier alpha value is -2.20. The van der Waals surface area contributed by atoms with E-state index < -0.39 is 6.10 Å². The van der Waals surface area contributed by atoms with Gasteiger partial charge in [-0.25, -0.2) is 0 Å². The number of aliphatic hydroxyl groups is 1. The van der Waals surface area contributed by atoms with Crippen molar-refractivity contribution in [2.45, 2.75) is 12.5 Å². The molecule has 0 spiro atoms. The van der Waals surface area contributed by atoms with Gasteiger partial charge >= 0.3 is 0 Å². The van der Waals surface area contributed by atoms with Crippen LogP contribution in [0, 0.1) is 0 Å². The van der Waals surface area contributed by atoms with E-state index in [-0.39, 0.29) is 0 Å². The minimum absolute atomic E-state index is 0.670. The molecule has 0 fully saturated rings. The SMILES string of the molecule is COc1cc(OC)cc(C(O)c2cccc3c2NCC3)c1. The van der Waals surface area contributed by atoms with E-state index in [1.807, 2.05) is 24.3 Å². The fourth-order valence-corrected chi connectivity index (χ4v) is 2.76. The molecule has 0 aromatic heterocycles. The average Bonchev–Trinajstić information content (AvgIpc) is 3.02. The molecule has 0 bridgehead atoms. The molecule has 0 saturated carbocycles. The summed E-state index contributed by atoms with van der Waals surface area (Å²) >= 11 is 0. The number of nitrogens with one attached hydrogen (secondary N) is 1. The fraction of sp³-hybridized carbons (Fsp3) is 0.294. The smallest absolute Gasteiger partial charge is 0.122 e. The van der Waals surface area contributed by atoms with Crippen molar-refractivity contribution in [1.82, 2.24) is 0 Å². The molecule has 0 aliphatic carbocycles. The molecule has 1 aliphatic heterocycles. The van der Waals surface area contributed by atoms with Crippen molar-refractivity contribution in [2.24, 2.45) is 0 Å². The zero-order valence-electron chi connectivity index (χ0n) is 12.2. The van der Waals surface area contributed by atoms with Crippen molar-refractivity contribution >= 4 is 5.69 Å². The molecule has 1 aliphatic rings. The zero-order valence-corrected chi connectivity index (χ0v) is 12.2. The Morgan fingerprint density at radius 3 is 2.48 bits per heavy atom. The Morgan fingerprint density at radius 1 is 1.10 bits per heavy atom. The summed E-state index contributed by atoms with van der Waals surface area (Å²) in [5.74, 6) is 1.34. The summed E-state index contributed by atoms with van der Waals surface area (Å²) in [5.41, 5.74) is 3.95. The largest absolute Gasteiger partial charge is 0.497 e. The number of benzene rings is 2. The first kappa shape index (κ1) is 13.8. The highest BCUT2D eigenvalue weighted by Gasteiger charge is 2.21. The predicted octanol–water partition coefficient (Wildman–Crippen LogP) is 2.75. The maximum atomic E-state index is 10.7. The number of aliphatic hydroxyl groups excluding tert-OH is 1. The molecule has 1 unspecified atom stereocenters. The summed E-state index contributed by atoms with van der Waals surface area (Å²) in [7, 11) is 3.21. The topological polar surface area (TPSA) is 50.7 Å². The van der Waals surface area contributed by atoms with Crippen molar-refractivity contribution < 1.29 is 14.6 Å². The molecule has 110 valence electrons. The van der Waals surface area contributed by atoms with E-state index in [2.05, 4.69) is 11.4 Å². The lowest BCUT2D eigenvalue weighted by Crippen LogP contribution is -2.04. The Bertz CT molecular complexity index is 632. The third-order valence-electron chi connectivity index (χ3n) is 3.86. The van der Waals surface area contributed by atoms with Gasteiger partial charge in [0.2, 0.25) is 0 Å². The lowest BCUT2D eigenvalue weighted by Gasteiger charge is -2.17. The molecule has 1 heterocycles. The quantitative estimate of drug-likeness (QED) is 0.907. The van der Waals surface area contributed by atoms with Crippen LogP contribution in [0.15, 0.2) is 36.4 Å². The van der Waals surface area contributed by atoms with Crippen LogP contribution in [0.5, 0.6) is 11.5 Å². The lowest BCUT2D eigenvalue weighted by atomic mass is 9.97. The van der Waals surface area contributed by atoms with Crippen LogP contribution in [0.3, 0.4) is 0 Å². The third-order valence-corrected chi connectivity index (χ3v) is 3.86. The van der Waals surface area contributed by atoms with E-state index in [4.69, 9.17) is 9.47 Å². The standard InChI is InChI=1S/C17H19NO3/c1-20-13-8-12(9-14(10-13)21-2)17(19)15-5-3-4-11-6-7-18-16(11)15/h3-5,8-10,17-19H,6-7H2,1-2H3. The monoisotopic (exact) mass is 285 g/mol. The van der Waals surface area contributed by atoms with Crippen LogP contribution < -0.4 is 14.8 Å². The van der Waals surface area contributed by atoms with Gasteiger partial charge < -0.3 is 19.9 Å². The van der Waals surface area contributed by atoms with Gasteiger partial charge in [0.05, 0.1) is 14.2 Å². The van der Waals surface area contributed by atoms with Crippen molar-refractivity contribution in [1.29, 1.82) is 0 Å². The van der Waals surface area contributed by atoms with Gasteiger partial charge in [0.1, 0.15) is 17.6 Å². The van der Waals surface area contributed by atoms with Crippen molar-refractivity contribution in [3.63, 3.8) is 0 Å². The molecule has 0 radical (unpaired) electrons. The van der Waals surface area contributed by atoms with Gasteiger partial charge in [0.25, 0.3) is 0 Å². The second-order valence-corrected chi connectivity index (χ2v) is 5.11. The van der Waals surface area contributed by atoms with Gasteiger partial charge in [-0.1, -0.05) is 18.2 Å². The van der Waals surface area contributed by atoms with Crippen LogP contribution in [0.4, 0.5) is 5.69 Å². The number of hydrogen-bond donors (Lipinski definition) is 2. The highest BCUT2D eigenvalue weighted by atomic mass is 16.5. The van der Waals surface area contributed by atoms with Gasteiger partial charge in [-0.2, -0.15) is 0 Å². The maximum absolute atomic E-state index is 10.7. The molecule has 2 N–H and O–H groups in total. The molecule has 4 heteroatoms. The minimum atomic E-state index is -0.713. The predicted molar refractivity (Wildman–Crippen MR) is 82.2 cm³/mol. The molecule has 2 aromatic carbocycles. The molecule has 3 rings (SSSR count).